The molecule has 2 heterocycles. The lowest BCUT2D eigenvalue weighted by Crippen LogP contribution is -2.40. The number of nitrogens with zero attached hydrogens (tertiary/aromatic N) is 3. The first-order chi connectivity index (χ1) is 16.3. The van der Waals surface area contributed by atoms with Crippen LogP contribution >= 0.6 is 0 Å². The minimum absolute atomic E-state index is 0.122. The van der Waals surface area contributed by atoms with E-state index in [1.54, 1.807) is 31.2 Å². The van der Waals surface area contributed by atoms with Gasteiger partial charge in [0.05, 0.1) is 5.92 Å². The van der Waals surface area contributed by atoms with Gasteiger partial charge in [0.15, 0.2) is 5.69 Å². The summed E-state index contributed by atoms with van der Waals surface area (Å²) in [5.41, 5.74) is 6.66. The summed E-state index contributed by atoms with van der Waals surface area (Å²) in [5, 5.41) is 6.80. The zero-order valence-electron chi connectivity index (χ0n) is 18.8. The van der Waals surface area contributed by atoms with Gasteiger partial charge in [-0.25, -0.2) is 9.07 Å². The molecule has 8 nitrogen and oxygen atoms in total. The van der Waals surface area contributed by atoms with Crippen molar-refractivity contribution in [1.82, 2.24) is 14.7 Å². The Morgan fingerprint density at radius 1 is 1.18 bits per heavy atom. The van der Waals surface area contributed by atoms with Crippen molar-refractivity contribution in [2.24, 2.45) is 11.7 Å². The molecule has 3 N–H and O–H groups in total. The summed E-state index contributed by atoms with van der Waals surface area (Å²) in [6.07, 6.45) is 1.75. The van der Waals surface area contributed by atoms with E-state index < -0.39 is 17.2 Å². The second-order valence-electron chi connectivity index (χ2n) is 8.49. The maximum Gasteiger partial charge on any atom is 0.280 e. The molecular weight excluding hydrogens is 437 g/mol. The van der Waals surface area contributed by atoms with E-state index in [2.05, 4.69) is 15.3 Å². The molecule has 1 fully saturated rings. The highest BCUT2D eigenvalue weighted by Gasteiger charge is 2.24. The number of piperidine rings is 1. The standard InChI is InChI=1S/C25H26FN5O3/c1-16-13-22(32)23(29-31(16)21-7-3-2-6-20(21)26)25(34)28-19-10-8-17(9-11-19)14-30-12-4-5-18(15-30)24(27)33/h2-3,6-11,13,18H,4-5,12,14-15H2,1H3,(H2,27,33)(H,28,34). The van der Waals surface area contributed by atoms with Crippen molar-refractivity contribution in [1.29, 1.82) is 0 Å². The molecule has 1 aromatic heterocycles. The fraction of sp³-hybridized carbons (Fsp3) is 0.280. The fourth-order valence-corrected chi connectivity index (χ4v) is 4.15. The van der Waals surface area contributed by atoms with Gasteiger partial charge in [0.25, 0.3) is 5.91 Å². The van der Waals surface area contributed by atoms with Gasteiger partial charge in [-0.15, -0.1) is 0 Å². The van der Waals surface area contributed by atoms with Crippen molar-refractivity contribution in [3.63, 3.8) is 0 Å². The zero-order valence-corrected chi connectivity index (χ0v) is 18.8. The average Bonchev–Trinajstić information content (AvgIpc) is 2.81. The number of para-hydroxylation sites is 1. The van der Waals surface area contributed by atoms with E-state index in [4.69, 9.17) is 5.73 Å². The molecule has 1 atom stereocenters. The van der Waals surface area contributed by atoms with Gasteiger partial charge in [-0.3, -0.25) is 19.3 Å². The van der Waals surface area contributed by atoms with Gasteiger partial charge in [-0.05, 0) is 56.1 Å². The summed E-state index contributed by atoms with van der Waals surface area (Å²) in [5.74, 6) is -1.58. The number of amides is 2. The van der Waals surface area contributed by atoms with Crippen LogP contribution in [0.5, 0.6) is 0 Å². The van der Waals surface area contributed by atoms with E-state index in [1.807, 2.05) is 12.1 Å². The van der Waals surface area contributed by atoms with Crippen LogP contribution in [-0.2, 0) is 11.3 Å². The topological polar surface area (TPSA) is 110 Å². The van der Waals surface area contributed by atoms with Crippen molar-refractivity contribution >= 4 is 17.5 Å². The van der Waals surface area contributed by atoms with Gasteiger partial charge in [-0.1, -0.05) is 24.3 Å². The minimum Gasteiger partial charge on any atom is -0.369 e. The van der Waals surface area contributed by atoms with Crippen LogP contribution in [0, 0.1) is 18.7 Å². The third-order valence-corrected chi connectivity index (χ3v) is 5.93. The number of carbonyl (C=O) groups is 2. The number of halogens is 1. The Labute approximate surface area is 196 Å². The molecule has 2 aromatic carbocycles. The predicted molar refractivity (Wildman–Crippen MR) is 126 cm³/mol. The quantitative estimate of drug-likeness (QED) is 0.584. The van der Waals surface area contributed by atoms with Gasteiger partial charge >= 0.3 is 0 Å². The van der Waals surface area contributed by atoms with E-state index in [9.17, 15) is 18.8 Å². The molecule has 9 heteroatoms. The largest absolute Gasteiger partial charge is 0.369 e. The molecule has 0 aliphatic carbocycles. The molecule has 1 aliphatic heterocycles. The summed E-state index contributed by atoms with van der Waals surface area (Å²) in [4.78, 5) is 38.9. The summed E-state index contributed by atoms with van der Waals surface area (Å²) in [6.45, 7) is 3.83. The van der Waals surface area contributed by atoms with Crippen molar-refractivity contribution in [3.8, 4) is 5.69 Å². The number of rotatable bonds is 6. The van der Waals surface area contributed by atoms with Crippen LogP contribution in [0.1, 0.15) is 34.6 Å². The second-order valence-corrected chi connectivity index (χ2v) is 8.49. The number of likely N-dealkylation sites (tertiary alicyclic amines) is 1. The van der Waals surface area contributed by atoms with Crippen LogP contribution in [0.15, 0.2) is 59.4 Å². The number of nitrogens with one attached hydrogen (secondary N) is 1. The summed E-state index contributed by atoms with van der Waals surface area (Å²) in [6, 6.07) is 14.5. The van der Waals surface area contributed by atoms with Crippen LogP contribution in [0.3, 0.4) is 0 Å². The van der Waals surface area contributed by atoms with Crippen LogP contribution in [0.2, 0.25) is 0 Å². The Morgan fingerprint density at radius 2 is 1.91 bits per heavy atom. The molecule has 3 aromatic rings. The highest BCUT2D eigenvalue weighted by atomic mass is 19.1. The smallest absolute Gasteiger partial charge is 0.280 e. The summed E-state index contributed by atoms with van der Waals surface area (Å²) >= 11 is 0. The molecule has 34 heavy (non-hydrogen) atoms. The molecule has 176 valence electrons. The molecule has 0 saturated carbocycles. The number of hydrogen-bond acceptors (Lipinski definition) is 5. The monoisotopic (exact) mass is 463 g/mol. The van der Waals surface area contributed by atoms with E-state index in [0.29, 0.717) is 24.5 Å². The van der Waals surface area contributed by atoms with E-state index in [1.165, 1.54) is 22.9 Å². The first kappa shape index (κ1) is 23.3. The predicted octanol–water partition coefficient (Wildman–Crippen LogP) is 2.63. The van der Waals surface area contributed by atoms with Crippen molar-refractivity contribution in [2.75, 3.05) is 18.4 Å². The number of aromatic nitrogens is 2. The fourth-order valence-electron chi connectivity index (χ4n) is 4.15. The lowest BCUT2D eigenvalue weighted by Gasteiger charge is -2.31. The molecule has 0 bridgehead atoms. The zero-order chi connectivity index (χ0) is 24.2. The Bertz CT molecular complexity index is 1270. The number of nitrogens with two attached hydrogens (primary N) is 1. The molecule has 0 spiro atoms. The van der Waals surface area contributed by atoms with E-state index in [-0.39, 0.29) is 23.2 Å². The van der Waals surface area contributed by atoms with Gasteiger partial charge in [-0.2, -0.15) is 5.10 Å². The number of aryl methyl sites for hydroxylation is 1. The lowest BCUT2D eigenvalue weighted by atomic mass is 9.97. The number of carbonyl (C=O) groups excluding carboxylic acids is 2. The molecule has 4 rings (SSSR count). The maximum absolute atomic E-state index is 14.2. The van der Waals surface area contributed by atoms with Crippen LogP contribution < -0.4 is 16.5 Å². The minimum atomic E-state index is -0.678. The molecule has 2 amide bonds. The number of anilines is 1. The van der Waals surface area contributed by atoms with Gasteiger partial charge in [0, 0.05) is 30.5 Å². The average molecular weight is 464 g/mol. The molecule has 0 radical (unpaired) electrons. The van der Waals surface area contributed by atoms with Crippen molar-refractivity contribution in [3.05, 3.63) is 87.6 Å². The SMILES string of the molecule is Cc1cc(=O)c(C(=O)Nc2ccc(CN3CCCC(C(N)=O)C3)cc2)nn1-c1ccccc1F. The highest BCUT2D eigenvalue weighted by Crippen LogP contribution is 2.19. The molecule has 1 saturated heterocycles. The summed E-state index contributed by atoms with van der Waals surface area (Å²) in [7, 11) is 0. The summed E-state index contributed by atoms with van der Waals surface area (Å²) < 4.78 is 15.5. The first-order valence-corrected chi connectivity index (χ1v) is 11.1. The number of benzene rings is 2. The first-order valence-electron chi connectivity index (χ1n) is 11.1. The third kappa shape index (κ3) is 5.20. The van der Waals surface area contributed by atoms with Crippen LogP contribution in [0.4, 0.5) is 10.1 Å². The normalized spacial score (nSPS) is 16.2. The van der Waals surface area contributed by atoms with Crippen LogP contribution in [0.25, 0.3) is 5.69 Å². The third-order valence-electron chi connectivity index (χ3n) is 5.93. The lowest BCUT2D eigenvalue weighted by molar-refractivity contribution is -0.123. The van der Waals surface area contributed by atoms with Gasteiger partial charge in [0.2, 0.25) is 11.3 Å². The maximum atomic E-state index is 14.2. The Balaban J connectivity index is 1.47. The molecular formula is C25H26FN5O3. The van der Waals surface area contributed by atoms with Crippen molar-refractivity contribution < 1.29 is 14.0 Å². The Morgan fingerprint density at radius 3 is 2.62 bits per heavy atom. The highest BCUT2D eigenvalue weighted by molar-refractivity contribution is 6.02. The Kier molecular flexibility index (Phi) is 6.83. The molecule has 1 aliphatic rings. The van der Waals surface area contributed by atoms with E-state index in [0.717, 1.165) is 24.9 Å². The van der Waals surface area contributed by atoms with Crippen molar-refractivity contribution in [2.45, 2.75) is 26.3 Å². The van der Waals surface area contributed by atoms with Gasteiger partial charge < -0.3 is 11.1 Å². The number of primary amides is 1. The van der Waals surface area contributed by atoms with E-state index >= 15 is 0 Å². The second kappa shape index (κ2) is 9.96. The Hall–Kier alpha value is -3.85. The van der Waals surface area contributed by atoms with Gasteiger partial charge in [0.1, 0.15) is 11.5 Å². The van der Waals surface area contributed by atoms with Crippen LogP contribution in [-0.4, -0.2) is 39.6 Å². The number of hydrogen-bond donors (Lipinski definition) is 2. The molecule has 1 unspecified atom stereocenters.